The fourth-order valence-electron chi connectivity index (χ4n) is 3.91. The van der Waals surface area contributed by atoms with Crippen molar-refractivity contribution in [3.05, 3.63) is 0 Å². The molecule has 15 heavy (non-hydrogen) atoms. The van der Waals surface area contributed by atoms with Gasteiger partial charge in [0.05, 0.1) is 0 Å². The van der Waals surface area contributed by atoms with Crippen LogP contribution in [0.15, 0.2) is 0 Å². The van der Waals surface area contributed by atoms with E-state index in [4.69, 9.17) is 4.12 Å². The summed E-state index contributed by atoms with van der Waals surface area (Å²) in [6.45, 7) is 12.0. The Morgan fingerprint density at radius 3 is 1.87 bits per heavy atom. The molecule has 1 nitrogen and oxygen atoms in total. The van der Waals surface area contributed by atoms with Crippen LogP contribution < -0.4 is 0 Å². The fraction of sp³-hybridized carbons (Fsp3) is 1.00. The zero-order valence-electron chi connectivity index (χ0n) is 11.0. The summed E-state index contributed by atoms with van der Waals surface area (Å²) in [4.78, 5) is 0. The summed E-state index contributed by atoms with van der Waals surface area (Å²) in [5.41, 5.74) is 0. The van der Waals surface area contributed by atoms with Crippen LogP contribution in [0.3, 0.4) is 0 Å². The minimum absolute atomic E-state index is 0.665. The van der Waals surface area contributed by atoms with E-state index in [1.54, 1.807) is 0 Å². The van der Waals surface area contributed by atoms with Gasteiger partial charge in [-0.2, -0.15) is 0 Å². The average Bonchev–Trinajstić information content (AvgIpc) is 2.58. The molecule has 0 N–H and O–H groups in total. The zero-order valence-corrected chi connectivity index (χ0v) is 13.0. The predicted molar refractivity (Wildman–Crippen MR) is 71.2 cm³/mol. The van der Waals surface area contributed by atoms with Crippen molar-refractivity contribution in [2.45, 2.75) is 69.9 Å². The zero-order chi connectivity index (χ0) is 11.3. The Hall–Kier alpha value is 0.394. The largest absolute Gasteiger partial charge is 0.455 e. The van der Waals surface area contributed by atoms with Crippen LogP contribution in [0.25, 0.3) is 0 Å². The Morgan fingerprint density at radius 1 is 1.00 bits per heavy atom. The van der Waals surface area contributed by atoms with Gasteiger partial charge in [0, 0.05) is 0 Å². The topological polar surface area (TPSA) is 9.23 Å². The number of hydrogen-bond donors (Lipinski definition) is 0. The minimum atomic E-state index is -1.45. The lowest BCUT2D eigenvalue weighted by molar-refractivity contribution is 0.423. The van der Waals surface area contributed by atoms with Gasteiger partial charge >= 0.3 is 0 Å². The van der Waals surface area contributed by atoms with Gasteiger partial charge in [0.15, 0.2) is 16.6 Å². The Labute approximate surface area is 96.9 Å². The average molecular weight is 243 g/mol. The van der Waals surface area contributed by atoms with Crippen LogP contribution in [0, 0.1) is 5.92 Å². The van der Waals surface area contributed by atoms with Crippen molar-refractivity contribution in [2.75, 3.05) is 0 Å². The highest BCUT2D eigenvalue weighted by atomic mass is 28.4. The smallest absolute Gasteiger partial charge is 0.179 e. The third kappa shape index (κ3) is 2.11. The summed E-state index contributed by atoms with van der Waals surface area (Å²) in [5.74, 6) is 1.06. The van der Waals surface area contributed by atoms with E-state index in [2.05, 4.69) is 32.7 Å². The van der Waals surface area contributed by atoms with Crippen LogP contribution >= 0.6 is 0 Å². The highest BCUT2D eigenvalue weighted by molar-refractivity contribution is 6.85. The Morgan fingerprint density at radius 2 is 1.53 bits per heavy atom. The molecule has 0 heterocycles. The molecule has 2 aliphatic rings. The van der Waals surface area contributed by atoms with Gasteiger partial charge in [-0.1, -0.05) is 12.8 Å². The molecule has 0 aromatic heterocycles. The first-order valence-electron chi connectivity index (χ1n) is 6.44. The summed E-state index contributed by atoms with van der Waals surface area (Å²) >= 11 is 0. The summed E-state index contributed by atoms with van der Waals surface area (Å²) in [7, 11) is -2.80. The van der Waals surface area contributed by atoms with Crippen molar-refractivity contribution < 1.29 is 4.12 Å². The second-order valence-corrected chi connectivity index (χ2v) is 16.3. The molecule has 0 amide bonds. The maximum Gasteiger partial charge on any atom is 0.179 e. The maximum absolute atomic E-state index is 6.61. The Balaban J connectivity index is 2.14. The van der Waals surface area contributed by atoms with Gasteiger partial charge in [0.25, 0.3) is 0 Å². The van der Waals surface area contributed by atoms with Crippen LogP contribution in [-0.2, 0) is 4.12 Å². The first kappa shape index (κ1) is 11.9. The molecule has 0 spiro atoms. The monoisotopic (exact) mass is 242 g/mol. The van der Waals surface area contributed by atoms with Crippen LogP contribution in [0.4, 0.5) is 0 Å². The van der Waals surface area contributed by atoms with E-state index in [0.717, 1.165) is 5.92 Å². The van der Waals surface area contributed by atoms with Crippen molar-refractivity contribution in [1.82, 2.24) is 0 Å². The molecule has 2 rings (SSSR count). The molecule has 0 radical (unpaired) electrons. The lowest BCUT2D eigenvalue weighted by Gasteiger charge is -2.44. The van der Waals surface area contributed by atoms with Crippen LogP contribution in [0.1, 0.15) is 32.1 Å². The standard InChI is InChI=1S/C12H26OSi2/c1-14(2,3)13-15(4,5)12-8-6-11(10-12)7-9-12/h11H,6-10H2,1-5H3. The van der Waals surface area contributed by atoms with Crippen molar-refractivity contribution in [1.29, 1.82) is 0 Å². The quantitative estimate of drug-likeness (QED) is 0.668. The van der Waals surface area contributed by atoms with Crippen molar-refractivity contribution in [2.24, 2.45) is 5.92 Å². The molecule has 88 valence electrons. The van der Waals surface area contributed by atoms with Crippen molar-refractivity contribution in [3.63, 3.8) is 0 Å². The van der Waals surface area contributed by atoms with E-state index in [0.29, 0.717) is 5.04 Å². The third-order valence-electron chi connectivity index (χ3n) is 4.58. The second-order valence-electron chi connectivity index (χ2n) is 7.15. The molecular formula is C12H26OSi2. The first-order chi connectivity index (χ1) is 6.74. The van der Waals surface area contributed by atoms with E-state index >= 15 is 0 Å². The number of rotatable bonds is 3. The van der Waals surface area contributed by atoms with E-state index in [-0.39, 0.29) is 0 Å². The van der Waals surface area contributed by atoms with Gasteiger partial charge in [-0.15, -0.1) is 0 Å². The highest BCUT2D eigenvalue weighted by Crippen LogP contribution is 2.64. The van der Waals surface area contributed by atoms with E-state index < -0.39 is 16.6 Å². The number of hydrogen-bond acceptors (Lipinski definition) is 1. The molecule has 0 aromatic rings. The molecule has 0 atom stereocenters. The second kappa shape index (κ2) is 3.44. The lowest BCUT2D eigenvalue weighted by Crippen LogP contribution is -2.50. The molecule has 2 aliphatic carbocycles. The van der Waals surface area contributed by atoms with Gasteiger partial charge < -0.3 is 4.12 Å². The summed E-state index contributed by atoms with van der Waals surface area (Å²) in [6.07, 6.45) is 7.43. The molecule has 0 unspecified atom stereocenters. The van der Waals surface area contributed by atoms with Crippen LogP contribution in [-0.4, -0.2) is 16.6 Å². The number of fused-ring (bicyclic) bond motifs is 2. The van der Waals surface area contributed by atoms with E-state index in [1.807, 2.05) is 0 Å². The predicted octanol–water partition coefficient (Wildman–Crippen LogP) is 4.38. The van der Waals surface area contributed by atoms with Crippen LogP contribution in [0.5, 0.6) is 0 Å². The summed E-state index contributed by atoms with van der Waals surface area (Å²) < 4.78 is 6.61. The molecule has 2 bridgehead atoms. The molecule has 2 saturated carbocycles. The minimum Gasteiger partial charge on any atom is -0.455 e. The van der Waals surface area contributed by atoms with Crippen molar-refractivity contribution in [3.8, 4) is 0 Å². The Bertz CT molecular complexity index is 247. The Kier molecular flexibility index (Phi) is 2.72. The SMILES string of the molecule is C[Si](C)(C)O[Si](C)(C)C12CCC(CC1)C2. The first-order valence-corrected chi connectivity index (χ1v) is 12.8. The summed E-state index contributed by atoms with van der Waals surface area (Å²) in [5, 5.41) is 0.665. The van der Waals surface area contributed by atoms with Gasteiger partial charge in [-0.05, 0) is 63.0 Å². The molecule has 0 aliphatic heterocycles. The van der Waals surface area contributed by atoms with Gasteiger partial charge in [0.1, 0.15) is 0 Å². The van der Waals surface area contributed by atoms with Gasteiger partial charge in [-0.25, -0.2) is 0 Å². The van der Waals surface area contributed by atoms with E-state index in [9.17, 15) is 0 Å². The van der Waals surface area contributed by atoms with Crippen LogP contribution in [0.2, 0.25) is 37.8 Å². The maximum atomic E-state index is 6.61. The van der Waals surface area contributed by atoms with Gasteiger partial charge in [0.2, 0.25) is 0 Å². The normalized spacial score (nSPS) is 36.2. The molecule has 0 aromatic carbocycles. The molecule has 2 fully saturated rings. The summed E-state index contributed by atoms with van der Waals surface area (Å²) in [6, 6.07) is 0. The molecule has 0 saturated heterocycles. The molecule has 3 heteroatoms. The fourth-order valence-corrected chi connectivity index (χ4v) is 13.2. The third-order valence-corrected chi connectivity index (χ3v) is 12.3. The molecular weight excluding hydrogens is 216 g/mol. The lowest BCUT2D eigenvalue weighted by atomic mass is 10.0. The van der Waals surface area contributed by atoms with E-state index in [1.165, 1.54) is 32.1 Å². The van der Waals surface area contributed by atoms with Gasteiger partial charge in [-0.3, -0.25) is 0 Å². The highest BCUT2D eigenvalue weighted by Gasteiger charge is 2.56. The van der Waals surface area contributed by atoms with Crippen molar-refractivity contribution >= 4 is 16.6 Å².